The summed E-state index contributed by atoms with van der Waals surface area (Å²) in [5, 5.41) is 10.1. The Balaban J connectivity index is 2.23. The van der Waals surface area contributed by atoms with E-state index in [1.54, 1.807) is 0 Å². The van der Waals surface area contributed by atoms with Crippen LogP contribution in [-0.4, -0.2) is 18.3 Å². The van der Waals surface area contributed by atoms with E-state index in [2.05, 4.69) is 0 Å². The van der Waals surface area contributed by atoms with Gasteiger partial charge in [0, 0.05) is 23.1 Å². The summed E-state index contributed by atoms with van der Waals surface area (Å²) >= 11 is 5.81. The van der Waals surface area contributed by atoms with Crippen LogP contribution in [0.2, 0.25) is 5.02 Å². The van der Waals surface area contributed by atoms with Gasteiger partial charge in [0.2, 0.25) is 0 Å². The lowest BCUT2D eigenvalue weighted by atomic mass is 9.91. The number of aliphatic hydroxyl groups is 1. The van der Waals surface area contributed by atoms with Crippen LogP contribution in [0.5, 0.6) is 0 Å². The largest absolute Gasteiger partial charge is 0.388 e. The van der Waals surface area contributed by atoms with Gasteiger partial charge in [-0.1, -0.05) is 11.6 Å². The van der Waals surface area contributed by atoms with Gasteiger partial charge in [-0.25, -0.2) is 8.78 Å². The van der Waals surface area contributed by atoms with E-state index >= 15 is 0 Å². The van der Waals surface area contributed by atoms with E-state index in [4.69, 9.17) is 16.3 Å². The highest BCUT2D eigenvalue weighted by atomic mass is 35.5. The zero-order valence-electron chi connectivity index (χ0n) is 9.13. The molecular weight excluding hydrogens is 250 g/mol. The molecule has 0 saturated carbocycles. The molecule has 2 atom stereocenters. The first-order chi connectivity index (χ1) is 8.09. The van der Waals surface area contributed by atoms with Gasteiger partial charge < -0.3 is 9.84 Å². The average molecular weight is 263 g/mol. The van der Waals surface area contributed by atoms with Crippen molar-refractivity contribution in [3.8, 4) is 0 Å². The molecule has 5 heteroatoms. The zero-order chi connectivity index (χ0) is 12.4. The minimum absolute atomic E-state index is 0.0435. The Morgan fingerprint density at radius 3 is 2.71 bits per heavy atom. The third-order valence-corrected chi connectivity index (χ3v) is 3.33. The molecule has 1 aromatic carbocycles. The van der Waals surface area contributed by atoms with Crippen LogP contribution in [-0.2, 0) is 4.74 Å². The Hall–Kier alpha value is -0.710. The molecule has 0 bridgehead atoms. The lowest BCUT2D eigenvalue weighted by Crippen LogP contribution is -2.24. The van der Waals surface area contributed by atoms with Crippen molar-refractivity contribution in [3.05, 3.63) is 34.4 Å². The molecule has 94 valence electrons. The molecule has 2 rings (SSSR count). The van der Waals surface area contributed by atoms with Crippen molar-refractivity contribution >= 4 is 11.6 Å². The third-order valence-electron chi connectivity index (χ3n) is 3.00. The van der Waals surface area contributed by atoms with Crippen molar-refractivity contribution in [1.29, 1.82) is 0 Å². The predicted octanol–water partition coefficient (Wildman–Crippen LogP) is 3.08. The summed E-state index contributed by atoms with van der Waals surface area (Å²) < 4.78 is 31.3. The lowest BCUT2D eigenvalue weighted by Gasteiger charge is -2.27. The maximum absolute atomic E-state index is 13.1. The summed E-state index contributed by atoms with van der Waals surface area (Å²) in [4.78, 5) is 0. The zero-order valence-corrected chi connectivity index (χ0v) is 9.88. The smallest absolute Gasteiger partial charge is 0.160 e. The van der Waals surface area contributed by atoms with Crippen LogP contribution in [0, 0.1) is 17.6 Å². The maximum atomic E-state index is 13.1. The summed E-state index contributed by atoms with van der Waals surface area (Å²) in [6.07, 6.45) is 0.720. The predicted molar refractivity (Wildman–Crippen MR) is 59.9 cm³/mol. The molecular formula is C12H13ClF2O2. The fourth-order valence-electron chi connectivity index (χ4n) is 2.03. The first-order valence-electron chi connectivity index (χ1n) is 5.50. The van der Waals surface area contributed by atoms with Crippen LogP contribution in [0.15, 0.2) is 12.1 Å². The van der Waals surface area contributed by atoms with Gasteiger partial charge in [-0.2, -0.15) is 0 Å². The van der Waals surface area contributed by atoms with E-state index in [0.717, 1.165) is 25.0 Å². The summed E-state index contributed by atoms with van der Waals surface area (Å²) in [5.74, 6) is -2.13. The molecule has 2 nitrogen and oxygen atoms in total. The number of aliphatic hydroxyl groups excluding tert-OH is 1. The highest BCUT2D eigenvalue weighted by Crippen LogP contribution is 2.33. The first kappa shape index (κ1) is 12.7. The van der Waals surface area contributed by atoms with Gasteiger partial charge in [0.1, 0.15) is 0 Å². The highest BCUT2D eigenvalue weighted by Gasteiger charge is 2.26. The van der Waals surface area contributed by atoms with Crippen LogP contribution in [0.1, 0.15) is 24.5 Å². The van der Waals surface area contributed by atoms with Gasteiger partial charge >= 0.3 is 0 Å². The second-order valence-corrected chi connectivity index (χ2v) is 4.62. The van der Waals surface area contributed by atoms with Crippen molar-refractivity contribution < 1.29 is 18.6 Å². The average Bonchev–Trinajstić information content (AvgIpc) is 2.34. The highest BCUT2D eigenvalue weighted by molar-refractivity contribution is 6.31. The molecule has 0 spiro atoms. The van der Waals surface area contributed by atoms with Crippen molar-refractivity contribution in [1.82, 2.24) is 0 Å². The fourth-order valence-corrected chi connectivity index (χ4v) is 2.30. The monoisotopic (exact) mass is 262 g/mol. The molecule has 1 aliphatic heterocycles. The van der Waals surface area contributed by atoms with Crippen LogP contribution < -0.4 is 0 Å². The molecule has 1 fully saturated rings. The number of hydrogen-bond donors (Lipinski definition) is 1. The SMILES string of the molecule is OC(c1cc(F)c(F)cc1Cl)C1CCCOC1. The van der Waals surface area contributed by atoms with Gasteiger partial charge in [0.25, 0.3) is 0 Å². The van der Waals surface area contributed by atoms with Crippen LogP contribution >= 0.6 is 11.6 Å². The standard InChI is InChI=1S/C12H13ClF2O2/c13-9-5-11(15)10(14)4-8(9)12(16)7-2-1-3-17-6-7/h4-5,7,12,16H,1-3,6H2. The van der Waals surface area contributed by atoms with E-state index in [0.29, 0.717) is 13.2 Å². The van der Waals surface area contributed by atoms with Crippen LogP contribution in [0.3, 0.4) is 0 Å². The number of rotatable bonds is 2. The molecule has 1 heterocycles. The fraction of sp³-hybridized carbons (Fsp3) is 0.500. The second-order valence-electron chi connectivity index (χ2n) is 4.21. The minimum atomic E-state index is -1.01. The maximum Gasteiger partial charge on any atom is 0.160 e. The summed E-state index contributed by atoms with van der Waals surface area (Å²) in [5.41, 5.74) is 0.223. The molecule has 2 unspecified atom stereocenters. The number of ether oxygens (including phenoxy) is 1. The van der Waals surface area contributed by atoms with E-state index in [9.17, 15) is 13.9 Å². The van der Waals surface area contributed by atoms with Gasteiger partial charge in [0.05, 0.1) is 12.7 Å². The second kappa shape index (κ2) is 5.29. The Morgan fingerprint density at radius 2 is 2.06 bits per heavy atom. The number of benzene rings is 1. The Morgan fingerprint density at radius 1 is 1.35 bits per heavy atom. The van der Waals surface area contributed by atoms with Gasteiger partial charge in [0.15, 0.2) is 11.6 Å². The van der Waals surface area contributed by atoms with Crippen molar-refractivity contribution in [2.24, 2.45) is 5.92 Å². The Bertz CT molecular complexity index is 406. The molecule has 0 amide bonds. The number of hydrogen-bond acceptors (Lipinski definition) is 2. The van der Waals surface area contributed by atoms with E-state index in [1.807, 2.05) is 0 Å². The molecule has 0 aliphatic carbocycles. The topological polar surface area (TPSA) is 29.5 Å². The molecule has 1 N–H and O–H groups in total. The number of halogens is 3. The molecule has 1 aromatic rings. The summed E-state index contributed by atoms with van der Waals surface area (Å²) in [6.45, 7) is 1.09. The van der Waals surface area contributed by atoms with Gasteiger partial charge in [-0.15, -0.1) is 0 Å². The minimum Gasteiger partial charge on any atom is -0.388 e. The third kappa shape index (κ3) is 2.76. The molecule has 0 aromatic heterocycles. The van der Waals surface area contributed by atoms with Crippen LogP contribution in [0.25, 0.3) is 0 Å². The van der Waals surface area contributed by atoms with Crippen molar-refractivity contribution in [2.75, 3.05) is 13.2 Å². The van der Waals surface area contributed by atoms with Crippen LogP contribution in [0.4, 0.5) is 8.78 Å². The normalized spacial score (nSPS) is 22.5. The lowest BCUT2D eigenvalue weighted by molar-refractivity contribution is -0.0101. The summed E-state index contributed by atoms with van der Waals surface area (Å²) in [7, 11) is 0. The van der Waals surface area contributed by atoms with E-state index in [-0.39, 0.29) is 16.5 Å². The molecule has 0 radical (unpaired) electrons. The van der Waals surface area contributed by atoms with Gasteiger partial charge in [-0.3, -0.25) is 0 Å². The molecule has 1 saturated heterocycles. The van der Waals surface area contributed by atoms with Crippen molar-refractivity contribution in [2.45, 2.75) is 18.9 Å². The molecule has 1 aliphatic rings. The Kier molecular flexibility index (Phi) is 3.97. The Labute approximate surface area is 103 Å². The quantitative estimate of drug-likeness (QED) is 0.830. The van der Waals surface area contributed by atoms with Gasteiger partial charge in [-0.05, 0) is 25.0 Å². The van der Waals surface area contributed by atoms with E-state index < -0.39 is 17.7 Å². The summed E-state index contributed by atoms with van der Waals surface area (Å²) in [6, 6.07) is 1.84. The molecule has 17 heavy (non-hydrogen) atoms. The van der Waals surface area contributed by atoms with E-state index in [1.165, 1.54) is 0 Å². The van der Waals surface area contributed by atoms with Crippen molar-refractivity contribution in [3.63, 3.8) is 0 Å². The first-order valence-corrected chi connectivity index (χ1v) is 5.87.